The molecule has 0 aromatic heterocycles. The van der Waals surface area contributed by atoms with Crippen LogP contribution in [-0.4, -0.2) is 18.5 Å². The van der Waals surface area contributed by atoms with Crippen LogP contribution >= 0.6 is 0 Å². The summed E-state index contributed by atoms with van der Waals surface area (Å²) in [6.07, 6.45) is 0.950. The Kier molecular flexibility index (Phi) is 4.53. The molecule has 0 radical (unpaired) electrons. The average molecular weight is 258 g/mol. The number of nitrogens with two attached hydrogens (primary N) is 1. The van der Waals surface area contributed by atoms with Crippen LogP contribution in [0.1, 0.15) is 11.1 Å². The fourth-order valence-electron chi connectivity index (χ4n) is 2.06. The predicted molar refractivity (Wildman–Crippen MR) is 77.3 cm³/mol. The van der Waals surface area contributed by atoms with Crippen molar-refractivity contribution in [2.45, 2.75) is 13.0 Å². The monoisotopic (exact) mass is 258 g/mol. The van der Waals surface area contributed by atoms with Gasteiger partial charge in [0.25, 0.3) is 0 Å². The van der Waals surface area contributed by atoms with Gasteiger partial charge in [-0.05, 0) is 31.2 Å². The fourth-order valence-corrected chi connectivity index (χ4v) is 2.06. The van der Waals surface area contributed by atoms with E-state index in [2.05, 4.69) is 17.0 Å². The summed E-state index contributed by atoms with van der Waals surface area (Å²) in [6.45, 7) is 1.41. The van der Waals surface area contributed by atoms with Gasteiger partial charge in [-0.2, -0.15) is 0 Å². The molecule has 19 heavy (non-hydrogen) atoms. The highest BCUT2D eigenvalue weighted by molar-refractivity contribution is 5.47. The highest BCUT2D eigenvalue weighted by Gasteiger charge is 2.08. The Balaban J connectivity index is 1.93. The van der Waals surface area contributed by atoms with E-state index in [1.54, 1.807) is 12.1 Å². The normalized spacial score (nSPS) is 10.9. The minimum absolute atomic E-state index is 0.230. The molecule has 0 spiro atoms. The lowest BCUT2D eigenvalue weighted by molar-refractivity contribution is 0.326. The van der Waals surface area contributed by atoms with Crippen LogP contribution in [0.15, 0.2) is 48.5 Å². The van der Waals surface area contributed by atoms with Crippen molar-refractivity contribution in [2.75, 3.05) is 19.3 Å². The van der Waals surface area contributed by atoms with E-state index in [-0.39, 0.29) is 5.82 Å². The van der Waals surface area contributed by atoms with Crippen LogP contribution in [-0.2, 0) is 13.0 Å². The standard InChI is InChI=1S/C16H19FN2/c1-19(11-10-13-6-3-2-4-7-13)12-14-15(17)8-5-9-16(14)18/h2-9H,10-12,18H2,1H3. The highest BCUT2D eigenvalue weighted by atomic mass is 19.1. The van der Waals surface area contributed by atoms with E-state index in [1.807, 2.05) is 25.2 Å². The summed E-state index contributed by atoms with van der Waals surface area (Å²) in [5, 5.41) is 0. The molecule has 2 nitrogen and oxygen atoms in total. The molecular formula is C16H19FN2. The van der Waals surface area contributed by atoms with Crippen molar-refractivity contribution in [3.8, 4) is 0 Å². The van der Waals surface area contributed by atoms with E-state index >= 15 is 0 Å². The molecule has 0 fully saturated rings. The van der Waals surface area contributed by atoms with Gasteiger partial charge in [0.15, 0.2) is 0 Å². The molecule has 3 heteroatoms. The maximum absolute atomic E-state index is 13.7. The molecule has 2 rings (SSSR count). The van der Waals surface area contributed by atoms with E-state index in [4.69, 9.17) is 5.73 Å². The van der Waals surface area contributed by atoms with Gasteiger partial charge in [0, 0.05) is 24.3 Å². The van der Waals surface area contributed by atoms with Gasteiger partial charge in [-0.1, -0.05) is 36.4 Å². The molecule has 0 bridgehead atoms. The molecule has 2 aromatic carbocycles. The first-order valence-electron chi connectivity index (χ1n) is 6.42. The van der Waals surface area contributed by atoms with E-state index in [1.165, 1.54) is 11.6 Å². The second kappa shape index (κ2) is 6.34. The van der Waals surface area contributed by atoms with Gasteiger partial charge in [-0.25, -0.2) is 4.39 Å². The molecular weight excluding hydrogens is 239 g/mol. The quantitative estimate of drug-likeness (QED) is 0.835. The van der Waals surface area contributed by atoms with Gasteiger partial charge >= 0.3 is 0 Å². The number of nitrogen functional groups attached to an aromatic ring is 1. The first-order valence-corrected chi connectivity index (χ1v) is 6.42. The minimum atomic E-state index is -0.230. The minimum Gasteiger partial charge on any atom is -0.398 e. The topological polar surface area (TPSA) is 29.3 Å². The molecule has 0 saturated heterocycles. The maximum Gasteiger partial charge on any atom is 0.129 e. The number of benzene rings is 2. The summed E-state index contributed by atoms with van der Waals surface area (Å²) in [7, 11) is 1.98. The zero-order valence-corrected chi connectivity index (χ0v) is 11.1. The van der Waals surface area contributed by atoms with Gasteiger partial charge in [-0.15, -0.1) is 0 Å². The molecule has 0 heterocycles. The summed E-state index contributed by atoms with van der Waals surface area (Å²) in [5.74, 6) is -0.230. The van der Waals surface area contributed by atoms with Gasteiger partial charge in [0.1, 0.15) is 5.82 Å². The van der Waals surface area contributed by atoms with Crippen molar-refractivity contribution in [3.63, 3.8) is 0 Å². The second-order valence-electron chi connectivity index (χ2n) is 4.78. The SMILES string of the molecule is CN(CCc1ccccc1)Cc1c(N)cccc1F. The molecule has 0 aliphatic heterocycles. The van der Waals surface area contributed by atoms with Crippen molar-refractivity contribution < 1.29 is 4.39 Å². The Hall–Kier alpha value is -1.87. The lowest BCUT2D eigenvalue weighted by atomic mass is 10.1. The lowest BCUT2D eigenvalue weighted by Crippen LogP contribution is -2.22. The Labute approximate surface area is 113 Å². The van der Waals surface area contributed by atoms with Gasteiger partial charge < -0.3 is 10.6 Å². The molecule has 0 aliphatic rings. The van der Waals surface area contributed by atoms with Crippen LogP contribution in [0.25, 0.3) is 0 Å². The second-order valence-corrected chi connectivity index (χ2v) is 4.78. The zero-order valence-electron chi connectivity index (χ0n) is 11.1. The van der Waals surface area contributed by atoms with Crippen LogP contribution < -0.4 is 5.73 Å². The number of hydrogen-bond acceptors (Lipinski definition) is 2. The maximum atomic E-state index is 13.7. The summed E-state index contributed by atoms with van der Waals surface area (Å²) < 4.78 is 13.7. The number of halogens is 1. The van der Waals surface area contributed by atoms with Gasteiger partial charge in [0.2, 0.25) is 0 Å². The van der Waals surface area contributed by atoms with Crippen LogP contribution in [0.5, 0.6) is 0 Å². The molecule has 0 aliphatic carbocycles. The lowest BCUT2D eigenvalue weighted by Gasteiger charge is -2.18. The van der Waals surface area contributed by atoms with Crippen molar-refractivity contribution in [3.05, 3.63) is 65.5 Å². The third kappa shape index (κ3) is 3.80. The van der Waals surface area contributed by atoms with Crippen molar-refractivity contribution >= 4 is 5.69 Å². The molecule has 0 saturated carbocycles. The van der Waals surface area contributed by atoms with Crippen LogP contribution in [0, 0.1) is 5.82 Å². The highest BCUT2D eigenvalue weighted by Crippen LogP contribution is 2.17. The Bertz CT molecular complexity index is 505. The number of likely N-dealkylation sites (N-methyl/N-ethyl adjacent to an activating group) is 1. The smallest absolute Gasteiger partial charge is 0.129 e. The fraction of sp³-hybridized carbons (Fsp3) is 0.250. The van der Waals surface area contributed by atoms with E-state index in [9.17, 15) is 4.39 Å². The van der Waals surface area contributed by atoms with Crippen molar-refractivity contribution in [1.29, 1.82) is 0 Å². The van der Waals surface area contributed by atoms with E-state index in [0.717, 1.165) is 13.0 Å². The van der Waals surface area contributed by atoms with Crippen LogP contribution in [0.3, 0.4) is 0 Å². The molecule has 0 atom stereocenters. The zero-order chi connectivity index (χ0) is 13.7. The van der Waals surface area contributed by atoms with Crippen LogP contribution in [0.2, 0.25) is 0 Å². The summed E-state index contributed by atoms with van der Waals surface area (Å²) in [5.41, 5.74) is 8.20. The van der Waals surface area contributed by atoms with Gasteiger partial charge in [-0.3, -0.25) is 0 Å². The average Bonchev–Trinajstić information content (AvgIpc) is 2.42. The summed E-state index contributed by atoms with van der Waals surface area (Å²) >= 11 is 0. The molecule has 100 valence electrons. The Morgan fingerprint density at radius 1 is 1.05 bits per heavy atom. The van der Waals surface area contributed by atoms with E-state index < -0.39 is 0 Å². The van der Waals surface area contributed by atoms with E-state index in [0.29, 0.717) is 17.8 Å². The number of nitrogens with zero attached hydrogens (tertiary/aromatic N) is 1. The number of anilines is 1. The summed E-state index contributed by atoms with van der Waals surface area (Å²) in [6, 6.07) is 15.1. The van der Waals surface area contributed by atoms with Crippen molar-refractivity contribution in [1.82, 2.24) is 4.90 Å². The number of rotatable bonds is 5. The molecule has 0 amide bonds. The van der Waals surface area contributed by atoms with Crippen LogP contribution in [0.4, 0.5) is 10.1 Å². The molecule has 2 aromatic rings. The summed E-state index contributed by atoms with van der Waals surface area (Å²) in [4.78, 5) is 2.09. The first-order chi connectivity index (χ1) is 9.16. The van der Waals surface area contributed by atoms with Gasteiger partial charge in [0.05, 0.1) is 0 Å². The molecule has 0 unspecified atom stereocenters. The molecule has 2 N–H and O–H groups in total. The van der Waals surface area contributed by atoms with Crippen molar-refractivity contribution in [2.24, 2.45) is 0 Å². The Morgan fingerprint density at radius 2 is 1.79 bits per heavy atom. The third-order valence-electron chi connectivity index (χ3n) is 3.21. The third-order valence-corrected chi connectivity index (χ3v) is 3.21. The Morgan fingerprint density at radius 3 is 2.47 bits per heavy atom. The largest absolute Gasteiger partial charge is 0.398 e. The number of hydrogen-bond donors (Lipinski definition) is 1. The first kappa shape index (κ1) is 13.6. The predicted octanol–water partition coefficient (Wildman–Crippen LogP) is 3.08.